The summed E-state index contributed by atoms with van der Waals surface area (Å²) < 4.78 is 53.4. The van der Waals surface area contributed by atoms with Crippen molar-refractivity contribution >= 4 is 39.1 Å². The van der Waals surface area contributed by atoms with Crippen LogP contribution >= 0.6 is 11.6 Å². The average Bonchev–Trinajstić information content (AvgIpc) is 2.87. The summed E-state index contributed by atoms with van der Waals surface area (Å²) in [5.41, 5.74) is 1.10. The van der Waals surface area contributed by atoms with Crippen LogP contribution in [0, 0.1) is 11.6 Å². The molecule has 0 heterocycles. The summed E-state index contributed by atoms with van der Waals surface area (Å²) in [5.74, 6) is -3.59. The molecule has 0 saturated carbocycles. The highest BCUT2D eigenvalue weighted by Crippen LogP contribution is 2.24. The Labute approximate surface area is 226 Å². The number of anilines is 1. The van der Waals surface area contributed by atoms with Gasteiger partial charge in [0, 0.05) is 30.6 Å². The lowest BCUT2D eigenvalue weighted by Gasteiger charge is -2.33. The molecule has 0 aliphatic heterocycles. The molecule has 11 heteroatoms. The van der Waals surface area contributed by atoms with E-state index in [9.17, 15) is 26.8 Å². The zero-order valence-corrected chi connectivity index (χ0v) is 22.5. The van der Waals surface area contributed by atoms with Crippen molar-refractivity contribution < 1.29 is 26.8 Å². The minimum atomic E-state index is -4.10. The highest BCUT2D eigenvalue weighted by molar-refractivity contribution is 7.92. The number of rotatable bonds is 11. The van der Waals surface area contributed by atoms with Crippen LogP contribution in [0.15, 0.2) is 72.8 Å². The van der Waals surface area contributed by atoms with Crippen LogP contribution in [0.4, 0.5) is 14.5 Å². The topological polar surface area (TPSA) is 86.8 Å². The molecule has 202 valence electrons. The van der Waals surface area contributed by atoms with Crippen molar-refractivity contribution in [3.05, 3.63) is 101 Å². The maximum Gasteiger partial charge on any atom is 0.244 e. The lowest BCUT2D eigenvalue weighted by atomic mass is 10.0. The van der Waals surface area contributed by atoms with Gasteiger partial charge < -0.3 is 10.2 Å². The molecule has 1 N–H and O–H groups in total. The second-order valence-corrected chi connectivity index (χ2v) is 10.9. The molecule has 0 aliphatic carbocycles. The Morgan fingerprint density at radius 2 is 1.63 bits per heavy atom. The van der Waals surface area contributed by atoms with Crippen LogP contribution in [0.3, 0.4) is 0 Å². The van der Waals surface area contributed by atoms with Crippen LogP contribution in [-0.4, -0.2) is 50.5 Å². The van der Waals surface area contributed by atoms with Gasteiger partial charge in [-0.3, -0.25) is 13.9 Å². The quantitative estimate of drug-likeness (QED) is 0.379. The zero-order chi connectivity index (χ0) is 27.9. The molecule has 2 amide bonds. The molecule has 0 saturated heterocycles. The van der Waals surface area contributed by atoms with E-state index >= 15 is 0 Å². The van der Waals surface area contributed by atoms with Crippen LogP contribution in [0.5, 0.6) is 0 Å². The third kappa shape index (κ3) is 7.52. The molecule has 3 aromatic carbocycles. The molecule has 0 aliphatic rings. The predicted molar refractivity (Wildman–Crippen MR) is 143 cm³/mol. The normalized spacial score (nSPS) is 12.0. The molecule has 3 aromatic rings. The summed E-state index contributed by atoms with van der Waals surface area (Å²) in [6, 6.07) is 17.4. The average molecular weight is 564 g/mol. The van der Waals surface area contributed by atoms with E-state index < -0.39 is 46.1 Å². The van der Waals surface area contributed by atoms with Crippen LogP contribution < -0.4 is 9.62 Å². The molecule has 38 heavy (non-hydrogen) atoms. The van der Waals surface area contributed by atoms with Gasteiger partial charge in [-0.05, 0) is 36.2 Å². The third-order valence-electron chi connectivity index (χ3n) is 5.79. The maximum absolute atomic E-state index is 14.0. The number of likely N-dealkylation sites (N-methyl/N-ethyl adjacent to an activating group) is 1. The number of amides is 2. The largest absolute Gasteiger partial charge is 0.355 e. The second kappa shape index (κ2) is 12.8. The van der Waals surface area contributed by atoms with Gasteiger partial charge in [0.25, 0.3) is 0 Å². The van der Waals surface area contributed by atoms with E-state index in [1.807, 2.05) is 18.2 Å². The summed E-state index contributed by atoms with van der Waals surface area (Å²) in [6.45, 7) is 1.20. The van der Waals surface area contributed by atoms with Crippen molar-refractivity contribution in [1.29, 1.82) is 0 Å². The smallest absolute Gasteiger partial charge is 0.244 e. The molecule has 0 bridgehead atoms. The van der Waals surface area contributed by atoms with Gasteiger partial charge in [0.2, 0.25) is 21.8 Å². The number of nitrogens with one attached hydrogen (secondary N) is 1. The number of sulfonamides is 1. The minimum Gasteiger partial charge on any atom is -0.355 e. The summed E-state index contributed by atoms with van der Waals surface area (Å²) >= 11 is 6.36. The Kier molecular flexibility index (Phi) is 9.82. The van der Waals surface area contributed by atoms with Crippen LogP contribution in [0.2, 0.25) is 5.02 Å². The van der Waals surface area contributed by atoms with Crippen molar-refractivity contribution in [2.24, 2.45) is 0 Å². The molecular weight excluding hydrogens is 536 g/mol. The first-order valence-corrected chi connectivity index (χ1v) is 14.0. The van der Waals surface area contributed by atoms with Gasteiger partial charge in [-0.1, -0.05) is 60.1 Å². The summed E-state index contributed by atoms with van der Waals surface area (Å²) in [6.07, 6.45) is 0.998. The van der Waals surface area contributed by atoms with E-state index in [1.54, 1.807) is 43.3 Å². The van der Waals surface area contributed by atoms with Gasteiger partial charge in [0.05, 0.1) is 11.9 Å². The Morgan fingerprint density at radius 3 is 2.24 bits per heavy atom. The van der Waals surface area contributed by atoms with Gasteiger partial charge in [-0.25, -0.2) is 17.2 Å². The fourth-order valence-electron chi connectivity index (χ4n) is 3.91. The summed E-state index contributed by atoms with van der Waals surface area (Å²) in [5, 5.41) is 3.10. The standard InChI is InChI=1S/C27H28ClF2N3O4S/c1-3-31-27(35)25(15-19-9-5-4-6-10-19)32(17-20-11-7-8-12-22(20)28)26(34)18-33(38(2,36)37)21-13-14-23(29)24(30)16-21/h4-14,16,25H,3,15,17-18H2,1-2H3,(H,31,35). The fourth-order valence-corrected chi connectivity index (χ4v) is 4.95. The van der Waals surface area contributed by atoms with Gasteiger partial charge in [-0.2, -0.15) is 0 Å². The predicted octanol–water partition coefficient (Wildman–Crippen LogP) is 4.16. The summed E-state index contributed by atoms with van der Waals surface area (Å²) in [7, 11) is -4.10. The number of hydrogen-bond acceptors (Lipinski definition) is 4. The van der Waals surface area contributed by atoms with Crippen molar-refractivity contribution in [2.75, 3.05) is 23.7 Å². The number of carbonyl (C=O) groups excluding carboxylic acids is 2. The Hall–Kier alpha value is -3.50. The third-order valence-corrected chi connectivity index (χ3v) is 7.30. The minimum absolute atomic E-state index is 0.0947. The van der Waals surface area contributed by atoms with Gasteiger partial charge in [0.1, 0.15) is 12.6 Å². The first-order chi connectivity index (χ1) is 18.0. The van der Waals surface area contributed by atoms with E-state index in [2.05, 4.69) is 5.32 Å². The van der Waals surface area contributed by atoms with E-state index in [0.29, 0.717) is 27.5 Å². The number of halogens is 3. The Bertz CT molecular complexity index is 1390. The highest BCUT2D eigenvalue weighted by Gasteiger charge is 2.33. The molecule has 1 unspecified atom stereocenters. The van der Waals surface area contributed by atoms with Crippen LogP contribution in [-0.2, 0) is 32.6 Å². The Morgan fingerprint density at radius 1 is 0.974 bits per heavy atom. The first-order valence-electron chi connectivity index (χ1n) is 11.8. The number of hydrogen-bond donors (Lipinski definition) is 1. The SMILES string of the molecule is CCNC(=O)C(Cc1ccccc1)N(Cc1ccccc1Cl)C(=O)CN(c1ccc(F)c(F)c1)S(C)(=O)=O. The lowest BCUT2D eigenvalue weighted by molar-refractivity contribution is -0.140. The van der Waals surface area contributed by atoms with Crippen LogP contribution in [0.25, 0.3) is 0 Å². The van der Waals surface area contributed by atoms with E-state index in [1.165, 1.54) is 4.90 Å². The lowest BCUT2D eigenvalue weighted by Crippen LogP contribution is -2.53. The van der Waals surface area contributed by atoms with E-state index in [0.717, 1.165) is 24.0 Å². The molecule has 3 rings (SSSR count). The van der Waals surface area contributed by atoms with Gasteiger partial charge in [-0.15, -0.1) is 0 Å². The molecule has 0 aromatic heterocycles. The molecular formula is C27H28ClF2N3O4S. The molecule has 0 fully saturated rings. The van der Waals surface area contributed by atoms with Crippen molar-refractivity contribution in [3.63, 3.8) is 0 Å². The molecule has 0 spiro atoms. The van der Waals surface area contributed by atoms with Gasteiger partial charge in [0.15, 0.2) is 11.6 Å². The van der Waals surface area contributed by atoms with Crippen molar-refractivity contribution in [1.82, 2.24) is 10.2 Å². The number of carbonyl (C=O) groups is 2. The van der Waals surface area contributed by atoms with Crippen molar-refractivity contribution in [3.8, 4) is 0 Å². The fraction of sp³-hybridized carbons (Fsp3) is 0.259. The van der Waals surface area contributed by atoms with Gasteiger partial charge >= 0.3 is 0 Å². The van der Waals surface area contributed by atoms with Crippen LogP contribution in [0.1, 0.15) is 18.1 Å². The molecule has 7 nitrogen and oxygen atoms in total. The molecule has 0 radical (unpaired) electrons. The first kappa shape index (κ1) is 29.1. The highest BCUT2D eigenvalue weighted by atomic mass is 35.5. The summed E-state index contributed by atoms with van der Waals surface area (Å²) in [4.78, 5) is 28.3. The van der Waals surface area contributed by atoms with E-state index in [4.69, 9.17) is 11.6 Å². The monoisotopic (exact) mass is 563 g/mol. The maximum atomic E-state index is 14.0. The number of nitrogens with zero attached hydrogens (tertiary/aromatic N) is 2. The molecule has 1 atom stereocenters. The van der Waals surface area contributed by atoms with E-state index in [-0.39, 0.29) is 18.7 Å². The second-order valence-electron chi connectivity index (χ2n) is 8.58. The Balaban J connectivity index is 2.06. The zero-order valence-electron chi connectivity index (χ0n) is 20.9. The number of benzene rings is 3. The van der Waals surface area contributed by atoms with Crippen molar-refractivity contribution in [2.45, 2.75) is 25.9 Å².